The van der Waals surface area contributed by atoms with Crippen LogP contribution in [0, 0.1) is 6.92 Å². The van der Waals surface area contributed by atoms with Gasteiger partial charge in [0.15, 0.2) is 9.84 Å². The summed E-state index contributed by atoms with van der Waals surface area (Å²) in [5, 5.41) is 2.73. The van der Waals surface area contributed by atoms with Gasteiger partial charge in [-0.2, -0.15) is 0 Å². The normalized spacial score (nSPS) is 11.2. The van der Waals surface area contributed by atoms with E-state index in [-0.39, 0.29) is 10.8 Å². The Morgan fingerprint density at radius 2 is 1.83 bits per heavy atom. The number of thioether (sulfide) groups is 1. The van der Waals surface area contributed by atoms with Crippen LogP contribution in [0.2, 0.25) is 0 Å². The maximum atomic E-state index is 11.9. The molecule has 0 bridgehead atoms. The van der Waals surface area contributed by atoms with E-state index in [1.165, 1.54) is 17.7 Å². The summed E-state index contributed by atoms with van der Waals surface area (Å²) in [7, 11) is -3.27. The fraction of sp³-hybridized carbons (Fsp3) is 0.235. The zero-order valence-corrected chi connectivity index (χ0v) is 14.7. The molecule has 1 amide bonds. The molecule has 0 heterocycles. The topological polar surface area (TPSA) is 63.2 Å². The number of aryl methyl sites for hydroxylation is 1. The summed E-state index contributed by atoms with van der Waals surface area (Å²) in [6.45, 7) is 2.03. The van der Waals surface area contributed by atoms with Gasteiger partial charge >= 0.3 is 0 Å². The molecule has 2 aromatic carbocycles. The lowest BCUT2D eigenvalue weighted by Gasteiger charge is -2.07. The third-order valence-corrected chi connectivity index (χ3v) is 5.29. The van der Waals surface area contributed by atoms with Crippen molar-refractivity contribution in [2.75, 3.05) is 17.3 Å². The first-order valence-electron chi connectivity index (χ1n) is 7.14. The van der Waals surface area contributed by atoms with Gasteiger partial charge in [0, 0.05) is 29.0 Å². The lowest BCUT2D eigenvalue weighted by molar-refractivity contribution is -0.115. The minimum Gasteiger partial charge on any atom is -0.326 e. The third-order valence-electron chi connectivity index (χ3n) is 3.16. The molecule has 0 aliphatic carbocycles. The van der Waals surface area contributed by atoms with Crippen molar-refractivity contribution in [3.63, 3.8) is 0 Å². The molecule has 23 heavy (non-hydrogen) atoms. The van der Waals surface area contributed by atoms with Gasteiger partial charge in [-0.3, -0.25) is 4.79 Å². The highest BCUT2D eigenvalue weighted by Crippen LogP contribution is 2.20. The average molecular weight is 349 g/mol. The smallest absolute Gasteiger partial charge is 0.225 e. The quantitative estimate of drug-likeness (QED) is 0.811. The van der Waals surface area contributed by atoms with E-state index in [0.717, 1.165) is 11.2 Å². The highest BCUT2D eigenvalue weighted by Gasteiger charge is 2.09. The van der Waals surface area contributed by atoms with Gasteiger partial charge in [-0.05, 0) is 37.3 Å². The molecule has 0 spiro atoms. The summed E-state index contributed by atoms with van der Waals surface area (Å²) in [4.78, 5) is 13.3. The van der Waals surface area contributed by atoms with Crippen LogP contribution in [0.25, 0.3) is 0 Å². The second kappa shape index (κ2) is 7.66. The molecule has 122 valence electrons. The summed E-state index contributed by atoms with van der Waals surface area (Å²) in [5.74, 6) is 0.538. The molecule has 0 aromatic heterocycles. The Labute approximate surface area is 141 Å². The van der Waals surface area contributed by atoms with Crippen molar-refractivity contribution >= 4 is 33.2 Å². The zero-order valence-electron chi connectivity index (χ0n) is 13.1. The number of carbonyl (C=O) groups is 1. The molecule has 0 radical (unpaired) electrons. The van der Waals surface area contributed by atoms with Crippen molar-refractivity contribution in [3.8, 4) is 0 Å². The van der Waals surface area contributed by atoms with Gasteiger partial charge in [0.2, 0.25) is 5.91 Å². The molecule has 0 fully saturated rings. The molecule has 0 aliphatic heterocycles. The minimum atomic E-state index is -3.27. The molecule has 2 rings (SSSR count). The van der Waals surface area contributed by atoms with Gasteiger partial charge in [-0.1, -0.05) is 23.8 Å². The number of sulfone groups is 1. The summed E-state index contributed by atoms with van der Waals surface area (Å²) in [5.41, 5.74) is 1.70. The number of carbonyl (C=O) groups excluding carboxylic acids is 1. The van der Waals surface area contributed by atoms with Crippen LogP contribution in [-0.2, 0) is 14.6 Å². The molecular weight excluding hydrogens is 330 g/mol. The molecule has 0 saturated carbocycles. The van der Waals surface area contributed by atoms with Crippen LogP contribution in [0.1, 0.15) is 12.0 Å². The molecule has 1 N–H and O–H groups in total. The average Bonchev–Trinajstić information content (AvgIpc) is 2.49. The van der Waals surface area contributed by atoms with Gasteiger partial charge in [0.05, 0.1) is 4.90 Å². The highest BCUT2D eigenvalue weighted by atomic mass is 32.2. The zero-order chi connectivity index (χ0) is 16.9. The first-order valence-corrected chi connectivity index (χ1v) is 10.0. The molecule has 0 unspecified atom stereocenters. The fourth-order valence-corrected chi connectivity index (χ4v) is 3.44. The van der Waals surface area contributed by atoms with Gasteiger partial charge in [-0.25, -0.2) is 8.42 Å². The number of anilines is 1. The molecule has 0 saturated heterocycles. The second-order valence-electron chi connectivity index (χ2n) is 5.26. The Kier molecular flexibility index (Phi) is 5.85. The van der Waals surface area contributed by atoms with E-state index in [0.29, 0.717) is 17.9 Å². The van der Waals surface area contributed by atoms with E-state index in [9.17, 15) is 13.2 Å². The lowest BCUT2D eigenvalue weighted by atomic mass is 10.2. The Morgan fingerprint density at radius 3 is 2.48 bits per heavy atom. The van der Waals surface area contributed by atoms with Crippen molar-refractivity contribution in [2.24, 2.45) is 0 Å². The molecule has 0 atom stereocenters. The summed E-state index contributed by atoms with van der Waals surface area (Å²) >= 11 is 1.62. The molecule has 6 heteroatoms. The molecule has 0 aliphatic rings. The van der Waals surface area contributed by atoms with E-state index in [1.807, 2.05) is 31.2 Å². The Balaban J connectivity index is 1.86. The third kappa shape index (κ3) is 5.73. The van der Waals surface area contributed by atoms with Gasteiger partial charge in [0.25, 0.3) is 0 Å². The fourth-order valence-electron chi connectivity index (χ4n) is 1.92. The van der Waals surface area contributed by atoms with Crippen molar-refractivity contribution in [1.29, 1.82) is 0 Å². The van der Waals surface area contributed by atoms with E-state index >= 15 is 0 Å². The van der Waals surface area contributed by atoms with E-state index in [4.69, 9.17) is 0 Å². The minimum absolute atomic E-state index is 0.129. The lowest BCUT2D eigenvalue weighted by Crippen LogP contribution is -2.12. The summed E-state index contributed by atoms with van der Waals surface area (Å²) in [6.07, 6.45) is 1.51. The number of hydrogen-bond acceptors (Lipinski definition) is 4. The van der Waals surface area contributed by atoms with Crippen LogP contribution in [-0.4, -0.2) is 26.3 Å². The van der Waals surface area contributed by atoms with Crippen molar-refractivity contribution in [2.45, 2.75) is 23.1 Å². The van der Waals surface area contributed by atoms with Crippen molar-refractivity contribution in [1.82, 2.24) is 0 Å². The first-order chi connectivity index (χ1) is 10.8. The van der Waals surface area contributed by atoms with E-state index in [1.54, 1.807) is 23.9 Å². The van der Waals surface area contributed by atoms with Crippen LogP contribution < -0.4 is 5.32 Å². The Morgan fingerprint density at radius 1 is 1.13 bits per heavy atom. The van der Waals surface area contributed by atoms with Crippen molar-refractivity contribution < 1.29 is 13.2 Å². The largest absolute Gasteiger partial charge is 0.326 e. The molecular formula is C17H19NO3S2. The number of nitrogens with one attached hydrogen (secondary N) is 1. The number of benzene rings is 2. The van der Waals surface area contributed by atoms with E-state index in [2.05, 4.69) is 5.32 Å². The van der Waals surface area contributed by atoms with Gasteiger partial charge in [-0.15, -0.1) is 11.8 Å². The standard InChI is InChI=1S/C17H19NO3S2/c1-13-6-8-15(9-7-13)22-11-10-17(19)18-14-4-3-5-16(12-14)23(2,20)21/h3-9,12H,10-11H2,1-2H3,(H,18,19). The maximum absolute atomic E-state index is 11.9. The van der Waals surface area contributed by atoms with Crippen LogP contribution in [0.15, 0.2) is 58.3 Å². The number of rotatable bonds is 6. The Bertz CT molecular complexity index is 784. The Hall–Kier alpha value is -1.79. The SMILES string of the molecule is Cc1ccc(SCCC(=O)Nc2cccc(S(C)(=O)=O)c2)cc1. The predicted octanol–water partition coefficient (Wildman–Crippen LogP) is 3.52. The van der Waals surface area contributed by atoms with Crippen LogP contribution in [0.3, 0.4) is 0 Å². The first kappa shape index (κ1) is 17.6. The van der Waals surface area contributed by atoms with Gasteiger partial charge < -0.3 is 5.32 Å². The summed E-state index contributed by atoms with van der Waals surface area (Å²) < 4.78 is 23.0. The summed E-state index contributed by atoms with van der Waals surface area (Å²) in [6, 6.07) is 14.4. The van der Waals surface area contributed by atoms with E-state index < -0.39 is 9.84 Å². The maximum Gasteiger partial charge on any atom is 0.225 e. The monoisotopic (exact) mass is 349 g/mol. The van der Waals surface area contributed by atoms with Crippen molar-refractivity contribution in [3.05, 3.63) is 54.1 Å². The van der Waals surface area contributed by atoms with Crippen LogP contribution in [0.5, 0.6) is 0 Å². The molecule has 4 nitrogen and oxygen atoms in total. The van der Waals surface area contributed by atoms with Gasteiger partial charge in [0.1, 0.15) is 0 Å². The predicted molar refractivity (Wildman–Crippen MR) is 94.7 cm³/mol. The second-order valence-corrected chi connectivity index (χ2v) is 8.44. The van der Waals surface area contributed by atoms with Crippen LogP contribution >= 0.6 is 11.8 Å². The molecule has 2 aromatic rings. The van der Waals surface area contributed by atoms with Crippen LogP contribution in [0.4, 0.5) is 5.69 Å². The highest BCUT2D eigenvalue weighted by molar-refractivity contribution is 7.99. The number of hydrogen-bond donors (Lipinski definition) is 1. The number of amides is 1.